The minimum atomic E-state index is -0.0264. The first-order valence-electron chi connectivity index (χ1n) is 7.21. The minimum Gasteiger partial charge on any atom is -0.326 e. The molecule has 2 N–H and O–H groups in total. The molecular formula is C17H17N3O. The number of aryl methyl sites for hydroxylation is 1. The molecule has 0 amide bonds. The predicted molar refractivity (Wildman–Crippen MR) is 80.7 cm³/mol. The maximum absolute atomic E-state index is 11.4. The fourth-order valence-corrected chi connectivity index (χ4v) is 2.85. The average molecular weight is 279 g/mol. The van der Waals surface area contributed by atoms with Gasteiger partial charge in [-0.1, -0.05) is 18.2 Å². The Morgan fingerprint density at radius 2 is 2.05 bits per heavy atom. The number of hydrogen-bond acceptors (Lipinski definition) is 3. The van der Waals surface area contributed by atoms with E-state index in [1.807, 2.05) is 30.3 Å². The third-order valence-corrected chi connectivity index (χ3v) is 3.97. The van der Waals surface area contributed by atoms with Crippen molar-refractivity contribution in [2.45, 2.75) is 31.8 Å². The Morgan fingerprint density at radius 1 is 1.24 bits per heavy atom. The van der Waals surface area contributed by atoms with Gasteiger partial charge in [-0.05, 0) is 42.5 Å². The Kier molecular flexibility index (Phi) is 3.85. The van der Waals surface area contributed by atoms with Gasteiger partial charge in [0.15, 0.2) is 0 Å². The monoisotopic (exact) mass is 279 g/mol. The third-order valence-electron chi connectivity index (χ3n) is 3.97. The van der Waals surface area contributed by atoms with Crippen LogP contribution in [-0.4, -0.2) is 4.98 Å². The molecule has 1 heterocycles. The fourth-order valence-electron chi connectivity index (χ4n) is 2.85. The van der Waals surface area contributed by atoms with Crippen LogP contribution in [0.15, 0.2) is 41.2 Å². The van der Waals surface area contributed by atoms with Gasteiger partial charge in [0.2, 0.25) is 5.56 Å². The molecule has 0 bridgehead atoms. The zero-order valence-corrected chi connectivity index (χ0v) is 11.7. The van der Waals surface area contributed by atoms with Crippen molar-refractivity contribution in [3.63, 3.8) is 0 Å². The second-order valence-corrected chi connectivity index (χ2v) is 5.39. The quantitative estimate of drug-likeness (QED) is 0.906. The summed E-state index contributed by atoms with van der Waals surface area (Å²) in [7, 11) is 0. The van der Waals surface area contributed by atoms with E-state index in [1.165, 1.54) is 5.56 Å². The number of benzene rings is 1. The summed E-state index contributed by atoms with van der Waals surface area (Å²) in [6.07, 6.45) is 3.10. The lowest BCUT2D eigenvalue weighted by atomic mass is 9.91. The maximum Gasteiger partial charge on any atom is 0.248 e. The van der Waals surface area contributed by atoms with Gasteiger partial charge in [-0.3, -0.25) is 4.79 Å². The standard InChI is InChI=1S/C17H17N3O/c18-10-12-4-6-13(7-5-12)11-19-15-2-1-3-16-14(15)8-9-17(21)20-16/h4-9,15,19H,1-3,11H2,(H,20,21). The molecule has 1 unspecified atom stereocenters. The van der Waals surface area contributed by atoms with Gasteiger partial charge in [-0.2, -0.15) is 5.26 Å². The van der Waals surface area contributed by atoms with Crippen molar-refractivity contribution in [1.29, 1.82) is 5.26 Å². The molecule has 0 radical (unpaired) electrons. The summed E-state index contributed by atoms with van der Waals surface area (Å²) < 4.78 is 0. The molecule has 1 aromatic carbocycles. The van der Waals surface area contributed by atoms with Gasteiger partial charge in [-0.25, -0.2) is 0 Å². The fraction of sp³-hybridized carbons (Fsp3) is 0.294. The summed E-state index contributed by atoms with van der Waals surface area (Å²) in [6, 6.07) is 13.6. The van der Waals surface area contributed by atoms with Gasteiger partial charge in [0.05, 0.1) is 11.6 Å². The van der Waals surface area contributed by atoms with Crippen molar-refractivity contribution in [3.8, 4) is 6.07 Å². The van der Waals surface area contributed by atoms with E-state index in [4.69, 9.17) is 5.26 Å². The SMILES string of the molecule is N#Cc1ccc(CNC2CCCc3[nH]c(=O)ccc32)cc1. The molecular weight excluding hydrogens is 262 g/mol. The summed E-state index contributed by atoms with van der Waals surface area (Å²) in [4.78, 5) is 14.3. The molecule has 0 saturated heterocycles. The van der Waals surface area contributed by atoms with Crippen LogP contribution < -0.4 is 10.9 Å². The van der Waals surface area contributed by atoms with Crippen molar-refractivity contribution in [2.24, 2.45) is 0 Å². The highest BCUT2D eigenvalue weighted by atomic mass is 16.1. The molecule has 0 saturated carbocycles. The lowest BCUT2D eigenvalue weighted by Gasteiger charge is -2.26. The van der Waals surface area contributed by atoms with Crippen LogP contribution in [0.2, 0.25) is 0 Å². The van der Waals surface area contributed by atoms with Crippen LogP contribution in [0.5, 0.6) is 0 Å². The number of rotatable bonds is 3. The lowest BCUT2D eigenvalue weighted by molar-refractivity contribution is 0.453. The third kappa shape index (κ3) is 3.04. The van der Waals surface area contributed by atoms with Gasteiger partial charge in [-0.15, -0.1) is 0 Å². The number of nitrogens with one attached hydrogen (secondary N) is 2. The number of H-pyrrole nitrogens is 1. The Bertz CT molecular complexity index is 725. The van der Waals surface area contributed by atoms with Crippen LogP contribution in [0.4, 0.5) is 0 Å². The van der Waals surface area contributed by atoms with Crippen molar-refractivity contribution in [1.82, 2.24) is 10.3 Å². The van der Waals surface area contributed by atoms with Crippen molar-refractivity contribution >= 4 is 0 Å². The summed E-state index contributed by atoms with van der Waals surface area (Å²) in [5, 5.41) is 12.3. The van der Waals surface area contributed by atoms with Crippen LogP contribution in [0.25, 0.3) is 0 Å². The zero-order chi connectivity index (χ0) is 14.7. The van der Waals surface area contributed by atoms with Crippen LogP contribution in [0, 0.1) is 11.3 Å². The molecule has 1 aromatic heterocycles. The average Bonchev–Trinajstić information content (AvgIpc) is 2.53. The first kappa shape index (κ1) is 13.6. The first-order chi connectivity index (χ1) is 10.3. The van der Waals surface area contributed by atoms with E-state index < -0.39 is 0 Å². The van der Waals surface area contributed by atoms with Gasteiger partial charge in [0.1, 0.15) is 0 Å². The van der Waals surface area contributed by atoms with Crippen molar-refractivity contribution in [3.05, 3.63) is 69.1 Å². The Morgan fingerprint density at radius 3 is 2.81 bits per heavy atom. The van der Waals surface area contributed by atoms with E-state index >= 15 is 0 Å². The second kappa shape index (κ2) is 5.94. The smallest absolute Gasteiger partial charge is 0.248 e. The highest BCUT2D eigenvalue weighted by Crippen LogP contribution is 2.27. The van der Waals surface area contributed by atoms with Crippen molar-refractivity contribution < 1.29 is 0 Å². The zero-order valence-electron chi connectivity index (χ0n) is 11.7. The molecule has 1 aliphatic carbocycles. The Hall–Kier alpha value is -2.38. The minimum absolute atomic E-state index is 0.0264. The van der Waals surface area contributed by atoms with Crippen LogP contribution in [0.3, 0.4) is 0 Å². The molecule has 4 heteroatoms. The van der Waals surface area contributed by atoms with Gasteiger partial charge >= 0.3 is 0 Å². The first-order valence-corrected chi connectivity index (χ1v) is 7.21. The molecule has 0 aliphatic heterocycles. The Balaban J connectivity index is 1.72. The van der Waals surface area contributed by atoms with E-state index in [0.29, 0.717) is 5.56 Å². The largest absolute Gasteiger partial charge is 0.326 e. The molecule has 3 rings (SSSR count). The van der Waals surface area contributed by atoms with Gasteiger partial charge in [0.25, 0.3) is 0 Å². The molecule has 1 aliphatic rings. The van der Waals surface area contributed by atoms with Gasteiger partial charge in [0, 0.05) is 24.3 Å². The predicted octanol–water partition coefficient (Wildman–Crippen LogP) is 2.41. The second-order valence-electron chi connectivity index (χ2n) is 5.39. The topological polar surface area (TPSA) is 68.7 Å². The normalized spacial score (nSPS) is 17.0. The highest BCUT2D eigenvalue weighted by Gasteiger charge is 2.20. The molecule has 2 aromatic rings. The molecule has 1 atom stereocenters. The molecule has 0 spiro atoms. The van der Waals surface area contributed by atoms with Crippen LogP contribution >= 0.6 is 0 Å². The lowest BCUT2D eigenvalue weighted by Crippen LogP contribution is -2.27. The van der Waals surface area contributed by atoms with E-state index in [2.05, 4.69) is 16.4 Å². The highest BCUT2D eigenvalue weighted by molar-refractivity contribution is 5.32. The number of hydrogen-bond donors (Lipinski definition) is 2. The summed E-state index contributed by atoms with van der Waals surface area (Å²) in [6.45, 7) is 0.759. The van der Waals surface area contributed by atoms with E-state index in [1.54, 1.807) is 6.07 Å². The summed E-state index contributed by atoms with van der Waals surface area (Å²) >= 11 is 0. The number of aromatic amines is 1. The summed E-state index contributed by atoms with van der Waals surface area (Å²) in [5.74, 6) is 0. The number of nitriles is 1. The number of fused-ring (bicyclic) bond motifs is 1. The van der Waals surface area contributed by atoms with Crippen LogP contribution in [-0.2, 0) is 13.0 Å². The molecule has 106 valence electrons. The number of aromatic nitrogens is 1. The molecule has 4 nitrogen and oxygen atoms in total. The Labute approximate surface area is 123 Å². The van der Waals surface area contributed by atoms with E-state index in [-0.39, 0.29) is 11.6 Å². The van der Waals surface area contributed by atoms with Crippen molar-refractivity contribution in [2.75, 3.05) is 0 Å². The number of nitrogens with zero attached hydrogens (tertiary/aromatic N) is 1. The number of pyridine rings is 1. The van der Waals surface area contributed by atoms with E-state index in [0.717, 1.165) is 37.1 Å². The maximum atomic E-state index is 11.4. The van der Waals surface area contributed by atoms with E-state index in [9.17, 15) is 4.79 Å². The molecule has 21 heavy (non-hydrogen) atoms. The summed E-state index contributed by atoms with van der Waals surface area (Å²) in [5.41, 5.74) is 4.08. The van der Waals surface area contributed by atoms with Gasteiger partial charge < -0.3 is 10.3 Å². The van der Waals surface area contributed by atoms with Crippen LogP contribution in [0.1, 0.15) is 41.3 Å². The molecule has 0 fully saturated rings.